The van der Waals surface area contributed by atoms with Crippen LogP contribution in [0.4, 0.5) is 13.2 Å². The zero-order valence-corrected chi connectivity index (χ0v) is 17.3. The molecule has 0 unspecified atom stereocenters. The Bertz CT molecular complexity index is 1070. The second kappa shape index (κ2) is 9.19. The van der Waals surface area contributed by atoms with Gasteiger partial charge in [0.2, 0.25) is 5.78 Å². The van der Waals surface area contributed by atoms with Gasteiger partial charge in [0, 0.05) is 18.0 Å². The summed E-state index contributed by atoms with van der Waals surface area (Å²) < 4.78 is 48.9. The van der Waals surface area contributed by atoms with E-state index in [-0.39, 0.29) is 17.9 Å². The quantitative estimate of drug-likeness (QED) is 0.522. The number of carbonyl (C=O) groups excluding carboxylic acids is 3. The highest BCUT2D eigenvalue weighted by Crippen LogP contribution is 2.28. The van der Waals surface area contributed by atoms with Gasteiger partial charge in [-0.2, -0.15) is 13.2 Å². The Morgan fingerprint density at radius 3 is 2.42 bits per heavy atom. The smallest absolute Gasteiger partial charge is 0.417 e. The Morgan fingerprint density at radius 1 is 1.19 bits per heavy atom. The topological polar surface area (TPSA) is 107 Å². The van der Waals surface area contributed by atoms with Crippen molar-refractivity contribution in [1.82, 2.24) is 9.55 Å². The maximum atomic E-state index is 12.8. The van der Waals surface area contributed by atoms with Gasteiger partial charge in [0.15, 0.2) is 6.10 Å². The van der Waals surface area contributed by atoms with Gasteiger partial charge in [-0.25, -0.2) is 4.79 Å². The number of ether oxygens (including phenoxy) is 2. The minimum atomic E-state index is -4.69. The van der Waals surface area contributed by atoms with E-state index in [4.69, 9.17) is 9.47 Å². The Morgan fingerprint density at radius 2 is 1.84 bits per heavy atom. The molecule has 31 heavy (non-hydrogen) atoms. The first-order chi connectivity index (χ1) is 14.4. The third-order valence-electron chi connectivity index (χ3n) is 4.45. The van der Waals surface area contributed by atoms with Crippen molar-refractivity contribution >= 4 is 17.7 Å². The van der Waals surface area contributed by atoms with Crippen LogP contribution in [0.3, 0.4) is 0 Å². The molecule has 168 valence electrons. The Hall–Kier alpha value is -3.37. The first-order valence-corrected chi connectivity index (χ1v) is 9.24. The zero-order valence-electron chi connectivity index (χ0n) is 17.3. The van der Waals surface area contributed by atoms with E-state index in [2.05, 4.69) is 4.98 Å². The number of esters is 2. The summed E-state index contributed by atoms with van der Waals surface area (Å²) in [5.41, 5.74) is -0.991. The number of H-pyrrole nitrogens is 1. The van der Waals surface area contributed by atoms with Crippen LogP contribution in [0.2, 0.25) is 0 Å². The van der Waals surface area contributed by atoms with Crippen LogP contribution in [0.15, 0.2) is 23.1 Å². The fraction of sp³-hybridized carbons (Fsp3) is 0.400. The van der Waals surface area contributed by atoms with Crippen molar-refractivity contribution in [3.63, 3.8) is 0 Å². The average Bonchev–Trinajstić information content (AvgIpc) is 2.96. The van der Waals surface area contributed by atoms with Crippen LogP contribution in [0.1, 0.15) is 51.5 Å². The highest BCUT2D eigenvalue weighted by molar-refractivity contribution is 6.03. The molecular formula is C20H21F3N2O6. The molecule has 1 atom stereocenters. The highest BCUT2D eigenvalue weighted by atomic mass is 19.4. The first kappa shape index (κ1) is 23.9. The van der Waals surface area contributed by atoms with Gasteiger partial charge in [0.05, 0.1) is 23.4 Å². The SMILES string of the molecule is CCOC(=O)c1c(C)[nH]c(C(=O)[C@H](C)OC(=O)Cn2cc(C(F)(F)F)ccc2=O)c1C. The van der Waals surface area contributed by atoms with Crippen molar-refractivity contribution < 1.29 is 37.0 Å². The van der Waals surface area contributed by atoms with E-state index in [1.165, 1.54) is 13.8 Å². The van der Waals surface area contributed by atoms with E-state index in [1.807, 2.05) is 0 Å². The molecule has 0 saturated carbocycles. The molecule has 2 aromatic heterocycles. The number of halogens is 3. The molecule has 0 amide bonds. The Labute approximate surface area is 175 Å². The highest BCUT2D eigenvalue weighted by Gasteiger charge is 2.31. The molecule has 11 heteroatoms. The number of aromatic nitrogens is 2. The number of pyridine rings is 1. The molecule has 1 N–H and O–H groups in total. The molecule has 2 heterocycles. The molecule has 0 aromatic carbocycles. The zero-order chi connectivity index (χ0) is 23.5. The van der Waals surface area contributed by atoms with E-state index in [1.54, 1.807) is 13.8 Å². The number of aryl methyl sites for hydroxylation is 1. The van der Waals surface area contributed by atoms with Crippen LogP contribution >= 0.6 is 0 Å². The minimum absolute atomic E-state index is 0.0390. The largest absolute Gasteiger partial charge is 0.462 e. The standard InChI is InChI=1S/C20H21F3N2O6/c1-5-30-19(29)16-10(2)17(24-11(16)3)18(28)12(4)31-15(27)9-25-8-13(20(21,22)23)6-7-14(25)26/h6-8,12,24H,5,9H2,1-4H3/t12-/m0/s1. The number of ketones is 1. The summed E-state index contributed by atoms with van der Waals surface area (Å²) in [6, 6.07) is 1.29. The number of aromatic amines is 1. The maximum absolute atomic E-state index is 12.8. The molecule has 0 fully saturated rings. The van der Waals surface area contributed by atoms with E-state index in [9.17, 15) is 32.3 Å². The molecule has 0 spiro atoms. The van der Waals surface area contributed by atoms with Gasteiger partial charge < -0.3 is 19.0 Å². The summed E-state index contributed by atoms with van der Waals surface area (Å²) in [6.45, 7) is 5.35. The van der Waals surface area contributed by atoms with Gasteiger partial charge in [0.1, 0.15) is 6.54 Å². The van der Waals surface area contributed by atoms with Crippen LogP contribution in [0.5, 0.6) is 0 Å². The van der Waals surface area contributed by atoms with E-state index < -0.39 is 47.7 Å². The molecule has 2 aromatic rings. The maximum Gasteiger partial charge on any atom is 0.417 e. The molecular weight excluding hydrogens is 421 g/mol. The monoisotopic (exact) mass is 442 g/mol. The first-order valence-electron chi connectivity index (χ1n) is 9.24. The van der Waals surface area contributed by atoms with Crippen LogP contribution in [-0.4, -0.2) is 40.0 Å². The van der Waals surface area contributed by atoms with E-state index >= 15 is 0 Å². The van der Waals surface area contributed by atoms with Crippen LogP contribution in [-0.2, 0) is 27.0 Å². The van der Waals surface area contributed by atoms with Gasteiger partial charge in [-0.15, -0.1) is 0 Å². The van der Waals surface area contributed by atoms with Gasteiger partial charge in [-0.1, -0.05) is 0 Å². The van der Waals surface area contributed by atoms with Gasteiger partial charge >= 0.3 is 18.1 Å². The molecule has 0 bridgehead atoms. The van der Waals surface area contributed by atoms with Gasteiger partial charge in [0.25, 0.3) is 5.56 Å². The lowest BCUT2D eigenvalue weighted by atomic mass is 10.1. The minimum Gasteiger partial charge on any atom is -0.462 e. The van der Waals surface area contributed by atoms with Gasteiger partial charge in [-0.3, -0.25) is 14.4 Å². The number of nitrogens with one attached hydrogen (secondary N) is 1. The number of hydrogen-bond donors (Lipinski definition) is 1. The summed E-state index contributed by atoms with van der Waals surface area (Å²) in [5, 5.41) is 0. The third kappa shape index (κ3) is 5.41. The molecule has 0 aliphatic heterocycles. The lowest BCUT2D eigenvalue weighted by Crippen LogP contribution is -2.30. The summed E-state index contributed by atoms with van der Waals surface area (Å²) in [5.74, 6) is -2.34. The van der Waals surface area contributed by atoms with Crippen molar-refractivity contribution in [2.75, 3.05) is 6.61 Å². The molecule has 0 radical (unpaired) electrons. The summed E-state index contributed by atoms with van der Waals surface area (Å²) in [6.07, 6.45) is -5.51. The summed E-state index contributed by atoms with van der Waals surface area (Å²) >= 11 is 0. The van der Waals surface area contributed by atoms with Crippen molar-refractivity contribution in [1.29, 1.82) is 0 Å². The molecule has 0 aliphatic carbocycles. The van der Waals surface area contributed by atoms with Crippen LogP contribution in [0.25, 0.3) is 0 Å². The van der Waals surface area contributed by atoms with Crippen molar-refractivity contribution in [2.24, 2.45) is 0 Å². The van der Waals surface area contributed by atoms with E-state index in [0.29, 0.717) is 34.2 Å². The Balaban J connectivity index is 2.16. The predicted octanol–water partition coefficient (Wildman–Crippen LogP) is 2.80. The molecule has 2 rings (SSSR count). The second-order valence-electron chi connectivity index (χ2n) is 6.72. The lowest BCUT2D eigenvalue weighted by Gasteiger charge is -2.14. The Kier molecular flexibility index (Phi) is 7.09. The van der Waals surface area contributed by atoms with Crippen molar-refractivity contribution in [3.05, 3.63) is 56.8 Å². The summed E-state index contributed by atoms with van der Waals surface area (Å²) in [4.78, 5) is 51.4. The number of rotatable bonds is 7. The number of hydrogen-bond acceptors (Lipinski definition) is 6. The van der Waals surface area contributed by atoms with Gasteiger partial charge in [-0.05, 0) is 39.3 Å². The number of carbonyl (C=O) groups is 3. The number of nitrogens with zero attached hydrogens (tertiary/aromatic N) is 1. The van der Waals surface area contributed by atoms with E-state index in [0.717, 1.165) is 0 Å². The van der Waals surface area contributed by atoms with Crippen LogP contribution < -0.4 is 5.56 Å². The average molecular weight is 442 g/mol. The normalized spacial score (nSPS) is 12.4. The third-order valence-corrected chi connectivity index (χ3v) is 4.45. The number of alkyl halides is 3. The molecule has 8 nitrogen and oxygen atoms in total. The summed E-state index contributed by atoms with van der Waals surface area (Å²) in [7, 11) is 0. The van der Waals surface area contributed by atoms with Crippen LogP contribution in [0, 0.1) is 13.8 Å². The fourth-order valence-corrected chi connectivity index (χ4v) is 2.96. The lowest BCUT2D eigenvalue weighted by molar-refractivity contribution is -0.147. The molecule has 0 aliphatic rings. The second-order valence-corrected chi connectivity index (χ2v) is 6.72. The van der Waals surface area contributed by atoms with Crippen molar-refractivity contribution in [3.8, 4) is 0 Å². The van der Waals surface area contributed by atoms with Crippen molar-refractivity contribution in [2.45, 2.75) is 46.5 Å². The number of Topliss-reactive ketones (excluding diaryl/α,β-unsaturated/α-hetero) is 1. The predicted molar refractivity (Wildman–Crippen MR) is 102 cm³/mol. The molecule has 0 saturated heterocycles. The fourth-order valence-electron chi connectivity index (χ4n) is 2.96.